The van der Waals surface area contributed by atoms with E-state index in [2.05, 4.69) is 26.7 Å². The van der Waals surface area contributed by atoms with Gasteiger partial charge in [-0.2, -0.15) is 0 Å². The third-order valence-corrected chi connectivity index (χ3v) is 3.94. The highest BCUT2D eigenvalue weighted by Crippen LogP contribution is 2.15. The fraction of sp³-hybridized carbons (Fsp3) is 0.786. The summed E-state index contributed by atoms with van der Waals surface area (Å²) in [5.41, 5.74) is 0. The Hall–Kier alpha value is -0.870. The van der Waals surface area contributed by atoms with Crippen molar-refractivity contribution >= 4 is 0 Å². The quantitative estimate of drug-likeness (QED) is 0.781. The Morgan fingerprint density at radius 3 is 3.06 bits per heavy atom. The van der Waals surface area contributed by atoms with E-state index in [-0.39, 0.29) is 0 Å². The maximum Gasteiger partial charge on any atom is 0.122 e. The number of piperidine rings is 1. The minimum absolute atomic E-state index is 0.785. The zero-order chi connectivity index (χ0) is 12.8. The van der Waals surface area contributed by atoms with Crippen LogP contribution in [-0.2, 0) is 13.6 Å². The van der Waals surface area contributed by atoms with Gasteiger partial charge in [-0.25, -0.2) is 4.98 Å². The Kier molecular flexibility index (Phi) is 5.20. The van der Waals surface area contributed by atoms with Gasteiger partial charge in [-0.1, -0.05) is 6.42 Å². The van der Waals surface area contributed by atoms with Crippen molar-refractivity contribution in [3.05, 3.63) is 18.2 Å². The molecule has 0 bridgehead atoms. The monoisotopic (exact) mass is 250 g/mol. The molecular formula is C14H26N4. The summed E-state index contributed by atoms with van der Waals surface area (Å²) in [5.74, 6) is 1.11. The Balaban J connectivity index is 1.57. The summed E-state index contributed by atoms with van der Waals surface area (Å²) >= 11 is 0. The molecule has 0 amide bonds. The van der Waals surface area contributed by atoms with Gasteiger partial charge in [0.15, 0.2) is 0 Å². The van der Waals surface area contributed by atoms with Crippen molar-refractivity contribution in [3.63, 3.8) is 0 Å². The number of nitrogens with one attached hydrogen (secondary N) is 1. The maximum absolute atomic E-state index is 4.31. The van der Waals surface area contributed by atoms with Crippen LogP contribution in [0.2, 0.25) is 0 Å². The van der Waals surface area contributed by atoms with Gasteiger partial charge >= 0.3 is 0 Å². The van der Waals surface area contributed by atoms with Crippen molar-refractivity contribution in [1.82, 2.24) is 19.8 Å². The van der Waals surface area contributed by atoms with Crippen LogP contribution in [0.5, 0.6) is 0 Å². The molecule has 1 aliphatic heterocycles. The van der Waals surface area contributed by atoms with Crippen molar-refractivity contribution in [3.8, 4) is 0 Å². The molecule has 0 aliphatic carbocycles. The number of imidazole rings is 1. The highest BCUT2D eigenvalue weighted by atomic mass is 15.2. The van der Waals surface area contributed by atoms with Crippen molar-refractivity contribution < 1.29 is 0 Å². The molecule has 1 aromatic rings. The molecule has 4 nitrogen and oxygen atoms in total. The van der Waals surface area contributed by atoms with Gasteiger partial charge in [0.05, 0.1) is 6.54 Å². The van der Waals surface area contributed by atoms with E-state index in [0.717, 1.165) is 25.0 Å². The average molecular weight is 250 g/mol. The van der Waals surface area contributed by atoms with Crippen LogP contribution in [0.25, 0.3) is 0 Å². The van der Waals surface area contributed by atoms with Crippen molar-refractivity contribution in [2.75, 3.05) is 19.6 Å². The Morgan fingerprint density at radius 2 is 2.33 bits per heavy atom. The lowest BCUT2D eigenvalue weighted by Crippen LogP contribution is -2.38. The predicted molar refractivity (Wildman–Crippen MR) is 74.4 cm³/mol. The summed E-state index contributed by atoms with van der Waals surface area (Å²) in [6.07, 6.45) is 9.24. The van der Waals surface area contributed by atoms with E-state index in [4.69, 9.17) is 0 Å². The van der Waals surface area contributed by atoms with E-state index in [1.54, 1.807) is 0 Å². The number of aryl methyl sites for hydroxylation is 1. The van der Waals surface area contributed by atoms with Gasteiger partial charge in [-0.3, -0.25) is 0 Å². The van der Waals surface area contributed by atoms with Gasteiger partial charge in [-0.15, -0.1) is 0 Å². The molecule has 0 saturated carbocycles. The van der Waals surface area contributed by atoms with Crippen LogP contribution in [0, 0.1) is 0 Å². The molecule has 1 saturated heterocycles. The van der Waals surface area contributed by atoms with Gasteiger partial charge in [0, 0.05) is 25.5 Å². The van der Waals surface area contributed by atoms with Crippen molar-refractivity contribution in [2.45, 2.75) is 45.2 Å². The molecule has 2 rings (SSSR count). The minimum Gasteiger partial charge on any atom is -0.337 e. The minimum atomic E-state index is 0.785. The second kappa shape index (κ2) is 6.90. The van der Waals surface area contributed by atoms with E-state index in [1.807, 2.05) is 19.4 Å². The summed E-state index contributed by atoms with van der Waals surface area (Å²) in [7, 11) is 2.04. The van der Waals surface area contributed by atoms with Crippen LogP contribution in [0.3, 0.4) is 0 Å². The molecule has 0 radical (unpaired) electrons. The zero-order valence-corrected chi connectivity index (χ0v) is 11.7. The van der Waals surface area contributed by atoms with E-state index >= 15 is 0 Å². The van der Waals surface area contributed by atoms with Crippen LogP contribution in [-0.4, -0.2) is 40.1 Å². The van der Waals surface area contributed by atoms with E-state index in [0.29, 0.717) is 0 Å². The summed E-state index contributed by atoms with van der Waals surface area (Å²) < 4.78 is 2.07. The van der Waals surface area contributed by atoms with Crippen LogP contribution >= 0.6 is 0 Å². The van der Waals surface area contributed by atoms with Gasteiger partial charge in [0.2, 0.25) is 0 Å². The molecule has 1 aliphatic rings. The van der Waals surface area contributed by atoms with E-state index in [1.165, 1.54) is 38.8 Å². The lowest BCUT2D eigenvalue weighted by molar-refractivity contribution is 0.159. The first-order chi connectivity index (χ1) is 8.77. The maximum atomic E-state index is 4.31. The second-order valence-electron chi connectivity index (χ2n) is 5.37. The lowest BCUT2D eigenvalue weighted by atomic mass is 10.0. The van der Waals surface area contributed by atoms with E-state index < -0.39 is 0 Å². The topological polar surface area (TPSA) is 33.1 Å². The van der Waals surface area contributed by atoms with Crippen LogP contribution in [0.1, 0.15) is 38.4 Å². The number of hydrogen-bond acceptors (Lipinski definition) is 3. The molecule has 0 spiro atoms. The molecule has 1 atom stereocenters. The standard InChI is InChI=1S/C14H26N4/c1-13-6-3-4-9-18(13)10-5-7-15-12-14-16-8-11-17(14)2/h8,11,13,15H,3-7,9-10,12H2,1-2H3. The molecule has 1 unspecified atom stereocenters. The first kappa shape index (κ1) is 13.6. The summed E-state index contributed by atoms with van der Waals surface area (Å²) in [4.78, 5) is 6.94. The van der Waals surface area contributed by atoms with Gasteiger partial charge in [0.1, 0.15) is 5.82 Å². The van der Waals surface area contributed by atoms with Crippen molar-refractivity contribution in [2.24, 2.45) is 7.05 Å². The van der Waals surface area contributed by atoms with Crippen LogP contribution in [0.4, 0.5) is 0 Å². The first-order valence-electron chi connectivity index (χ1n) is 7.18. The first-order valence-corrected chi connectivity index (χ1v) is 7.18. The zero-order valence-electron chi connectivity index (χ0n) is 11.7. The van der Waals surface area contributed by atoms with Gasteiger partial charge < -0.3 is 14.8 Å². The van der Waals surface area contributed by atoms with Crippen molar-refractivity contribution in [1.29, 1.82) is 0 Å². The second-order valence-corrected chi connectivity index (χ2v) is 5.37. The molecular weight excluding hydrogens is 224 g/mol. The largest absolute Gasteiger partial charge is 0.337 e. The fourth-order valence-electron chi connectivity index (χ4n) is 2.66. The summed E-state index contributed by atoms with van der Waals surface area (Å²) in [6.45, 7) is 6.84. The molecule has 102 valence electrons. The average Bonchev–Trinajstić information content (AvgIpc) is 2.77. The van der Waals surface area contributed by atoms with Crippen LogP contribution in [0.15, 0.2) is 12.4 Å². The SMILES string of the molecule is CC1CCCCN1CCCNCc1nccn1C. The molecule has 2 heterocycles. The summed E-state index contributed by atoms with van der Waals surface area (Å²) in [6, 6.07) is 0.785. The Labute approximate surface area is 110 Å². The number of rotatable bonds is 6. The lowest BCUT2D eigenvalue weighted by Gasteiger charge is -2.33. The smallest absolute Gasteiger partial charge is 0.122 e. The molecule has 1 aromatic heterocycles. The molecule has 0 aromatic carbocycles. The highest BCUT2D eigenvalue weighted by Gasteiger charge is 2.16. The van der Waals surface area contributed by atoms with Gasteiger partial charge in [0.25, 0.3) is 0 Å². The highest BCUT2D eigenvalue weighted by molar-refractivity contribution is 4.90. The number of nitrogens with zero attached hydrogens (tertiary/aromatic N) is 3. The normalized spacial score (nSPS) is 21.3. The molecule has 1 N–H and O–H groups in total. The third kappa shape index (κ3) is 3.82. The predicted octanol–water partition coefficient (Wildman–Crippen LogP) is 1.77. The fourth-order valence-corrected chi connectivity index (χ4v) is 2.66. The molecule has 1 fully saturated rings. The third-order valence-electron chi connectivity index (χ3n) is 3.94. The number of likely N-dealkylation sites (tertiary alicyclic amines) is 1. The Bertz CT molecular complexity index is 347. The van der Waals surface area contributed by atoms with E-state index in [9.17, 15) is 0 Å². The van der Waals surface area contributed by atoms with Crippen LogP contribution < -0.4 is 5.32 Å². The summed E-state index contributed by atoms with van der Waals surface area (Å²) in [5, 5.41) is 3.47. The molecule has 4 heteroatoms. The Morgan fingerprint density at radius 1 is 1.44 bits per heavy atom. The molecule has 18 heavy (non-hydrogen) atoms. The number of hydrogen-bond donors (Lipinski definition) is 1. The van der Waals surface area contributed by atoms with Gasteiger partial charge in [-0.05, 0) is 45.8 Å². The number of aromatic nitrogens is 2.